The standard InChI is InChI=1S/C13H22N4O2/c1-3-14-13(19)11-7-8-12(16-15-11)17(2)9-5-4-6-10-18/h7-8,18H,3-6,9-10H2,1-2H3,(H,14,19). The third-order valence-corrected chi connectivity index (χ3v) is 2.76. The van der Waals surface area contributed by atoms with Gasteiger partial charge in [0.15, 0.2) is 11.5 Å². The molecule has 1 aromatic rings. The van der Waals surface area contributed by atoms with Crippen molar-refractivity contribution in [2.24, 2.45) is 0 Å². The van der Waals surface area contributed by atoms with Crippen molar-refractivity contribution in [3.05, 3.63) is 17.8 Å². The number of aliphatic hydroxyl groups excluding tert-OH is 1. The summed E-state index contributed by atoms with van der Waals surface area (Å²) in [6.07, 6.45) is 2.82. The molecule has 0 saturated carbocycles. The van der Waals surface area contributed by atoms with Gasteiger partial charge < -0.3 is 15.3 Å². The van der Waals surface area contributed by atoms with E-state index in [0.29, 0.717) is 12.2 Å². The molecular formula is C13H22N4O2. The molecular weight excluding hydrogens is 244 g/mol. The molecule has 0 aliphatic heterocycles. The van der Waals surface area contributed by atoms with E-state index >= 15 is 0 Å². The van der Waals surface area contributed by atoms with Crippen molar-refractivity contribution in [2.75, 3.05) is 31.6 Å². The van der Waals surface area contributed by atoms with Crippen molar-refractivity contribution in [2.45, 2.75) is 26.2 Å². The molecule has 0 aliphatic carbocycles. The predicted molar refractivity (Wildman–Crippen MR) is 74.2 cm³/mol. The van der Waals surface area contributed by atoms with Gasteiger partial charge in [0.1, 0.15) is 0 Å². The van der Waals surface area contributed by atoms with Crippen LogP contribution >= 0.6 is 0 Å². The molecule has 106 valence electrons. The maximum absolute atomic E-state index is 11.5. The van der Waals surface area contributed by atoms with Crippen LogP contribution in [0.25, 0.3) is 0 Å². The average molecular weight is 266 g/mol. The quantitative estimate of drug-likeness (QED) is 0.681. The number of nitrogens with one attached hydrogen (secondary N) is 1. The van der Waals surface area contributed by atoms with Crippen LogP contribution in [0.5, 0.6) is 0 Å². The minimum atomic E-state index is -0.202. The summed E-state index contributed by atoms with van der Waals surface area (Å²) in [6.45, 7) is 3.53. The Morgan fingerprint density at radius 3 is 2.68 bits per heavy atom. The molecule has 0 fully saturated rings. The number of carbonyl (C=O) groups excluding carboxylic acids is 1. The first-order chi connectivity index (χ1) is 9.19. The number of unbranched alkanes of at least 4 members (excludes halogenated alkanes) is 2. The maximum Gasteiger partial charge on any atom is 0.271 e. The largest absolute Gasteiger partial charge is 0.396 e. The fourth-order valence-corrected chi connectivity index (χ4v) is 1.65. The van der Waals surface area contributed by atoms with Crippen LogP contribution < -0.4 is 10.2 Å². The number of hydrogen-bond donors (Lipinski definition) is 2. The lowest BCUT2D eigenvalue weighted by molar-refractivity contribution is 0.0950. The van der Waals surface area contributed by atoms with E-state index in [1.807, 2.05) is 18.9 Å². The average Bonchev–Trinajstić information content (AvgIpc) is 2.44. The lowest BCUT2D eigenvalue weighted by Gasteiger charge is -2.17. The van der Waals surface area contributed by atoms with Crippen LogP contribution in [0.2, 0.25) is 0 Å². The molecule has 2 N–H and O–H groups in total. The van der Waals surface area contributed by atoms with E-state index in [1.54, 1.807) is 12.1 Å². The van der Waals surface area contributed by atoms with Gasteiger partial charge in [0.2, 0.25) is 0 Å². The smallest absolute Gasteiger partial charge is 0.271 e. The number of amides is 1. The highest BCUT2D eigenvalue weighted by Crippen LogP contribution is 2.09. The summed E-state index contributed by atoms with van der Waals surface area (Å²) in [5.74, 6) is 0.546. The number of aromatic nitrogens is 2. The molecule has 6 nitrogen and oxygen atoms in total. The normalized spacial score (nSPS) is 10.3. The summed E-state index contributed by atoms with van der Waals surface area (Å²) in [6, 6.07) is 3.47. The molecule has 0 saturated heterocycles. The molecule has 1 amide bonds. The molecule has 0 radical (unpaired) electrons. The Morgan fingerprint density at radius 1 is 1.32 bits per heavy atom. The van der Waals surface area contributed by atoms with Crippen LogP contribution in [-0.2, 0) is 0 Å². The van der Waals surface area contributed by atoms with E-state index in [4.69, 9.17) is 5.11 Å². The molecule has 1 rings (SSSR count). The van der Waals surface area contributed by atoms with E-state index in [1.165, 1.54) is 0 Å². The number of aliphatic hydroxyl groups is 1. The zero-order valence-electron chi connectivity index (χ0n) is 11.6. The summed E-state index contributed by atoms with van der Waals surface area (Å²) in [5, 5.41) is 19.3. The Morgan fingerprint density at radius 2 is 2.11 bits per heavy atom. The monoisotopic (exact) mass is 266 g/mol. The molecule has 19 heavy (non-hydrogen) atoms. The van der Waals surface area contributed by atoms with Crippen molar-refractivity contribution in [1.29, 1.82) is 0 Å². The highest BCUT2D eigenvalue weighted by Gasteiger charge is 2.08. The topological polar surface area (TPSA) is 78.4 Å². The highest BCUT2D eigenvalue weighted by molar-refractivity contribution is 5.92. The number of nitrogens with zero attached hydrogens (tertiary/aromatic N) is 3. The van der Waals surface area contributed by atoms with E-state index in [-0.39, 0.29) is 12.5 Å². The van der Waals surface area contributed by atoms with E-state index in [2.05, 4.69) is 15.5 Å². The lowest BCUT2D eigenvalue weighted by Crippen LogP contribution is -2.25. The minimum Gasteiger partial charge on any atom is -0.396 e. The Kier molecular flexibility index (Phi) is 6.81. The number of hydrogen-bond acceptors (Lipinski definition) is 5. The van der Waals surface area contributed by atoms with Gasteiger partial charge >= 0.3 is 0 Å². The molecule has 6 heteroatoms. The van der Waals surface area contributed by atoms with Crippen LogP contribution in [0.15, 0.2) is 12.1 Å². The summed E-state index contributed by atoms with van der Waals surface area (Å²) < 4.78 is 0. The second-order valence-corrected chi connectivity index (χ2v) is 4.34. The zero-order chi connectivity index (χ0) is 14.1. The maximum atomic E-state index is 11.5. The zero-order valence-corrected chi connectivity index (χ0v) is 11.6. The lowest BCUT2D eigenvalue weighted by atomic mass is 10.2. The molecule has 0 aromatic carbocycles. The van der Waals surface area contributed by atoms with Crippen molar-refractivity contribution in [3.63, 3.8) is 0 Å². The third-order valence-electron chi connectivity index (χ3n) is 2.76. The van der Waals surface area contributed by atoms with E-state index in [9.17, 15) is 4.79 Å². The van der Waals surface area contributed by atoms with Crippen LogP contribution in [-0.4, -0.2) is 48.0 Å². The fraction of sp³-hybridized carbons (Fsp3) is 0.615. The number of carbonyl (C=O) groups is 1. The first kappa shape index (κ1) is 15.4. The Labute approximate surface area is 113 Å². The van der Waals surface area contributed by atoms with E-state index < -0.39 is 0 Å². The Balaban J connectivity index is 2.48. The summed E-state index contributed by atoms with van der Waals surface area (Å²) >= 11 is 0. The van der Waals surface area contributed by atoms with Crippen molar-refractivity contribution < 1.29 is 9.90 Å². The van der Waals surface area contributed by atoms with Gasteiger partial charge in [-0.2, -0.15) is 0 Å². The minimum absolute atomic E-state index is 0.202. The second-order valence-electron chi connectivity index (χ2n) is 4.34. The summed E-state index contributed by atoms with van der Waals surface area (Å²) in [5.41, 5.74) is 0.333. The summed E-state index contributed by atoms with van der Waals surface area (Å²) in [4.78, 5) is 13.5. The SMILES string of the molecule is CCNC(=O)c1ccc(N(C)CCCCCO)nn1. The first-order valence-corrected chi connectivity index (χ1v) is 6.63. The molecule has 1 heterocycles. The van der Waals surface area contributed by atoms with Gasteiger partial charge in [0.05, 0.1) is 0 Å². The van der Waals surface area contributed by atoms with Crippen molar-refractivity contribution in [3.8, 4) is 0 Å². The van der Waals surface area contributed by atoms with E-state index in [0.717, 1.165) is 31.6 Å². The molecule has 0 spiro atoms. The van der Waals surface area contributed by atoms with Gasteiger partial charge in [0.25, 0.3) is 5.91 Å². The van der Waals surface area contributed by atoms with Crippen molar-refractivity contribution in [1.82, 2.24) is 15.5 Å². The molecule has 0 aliphatic rings. The molecule has 1 aromatic heterocycles. The Bertz CT molecular complexity index is 381. The van der Waals surface area contributed by atoms with Crippen LogP contribution in [0, 0.1) is 0 Å². The van der Waals surface area contributed by atoms with Gasteiger partial charge in [-0.3, -0.25) is 4.79 Å². The predicted octanol–water partition coefficient (Wildman–Crippen LogP) is 0.825. The van der Waals surface area contributed by atoms with Crippen molar-refractivity contribution >= 4 is 11.7 Å². The molecule has 0 atom stereocenters. The number of anilines is 1. The van der Waals surface area contributed by atoms with Crippen LogP contribution in [0.4, 0.5) is 5.82 Å². The first-order valence-electron chi connectivity index (χ1n) is 6.63. The second kappa shape index (κ2) is 8.42. The summed E-state index contributed by atoms with van der Waals surface area (Å²) in [7, 11) is 1.94. The van der Waals surface area contributed by atoms with Gasteiger partial charge in [-0.1, -0.05) is 0 Å². The van der Waals surface area contributed by atoms with Crippen LogP contribution in [0.1, 0.15) is 36.7 Å². The molecule has 0 unspecified atom stereocenters. The number of rotatable bonds is 8. The van der Waals surface area contributed by atoms with Gasteiger partial charge in [0, 0.05) is 26.7 Å². The highest BCUT2D eigenvalue weighted by atomic mass is 16.2. The Hall–Kier alpha value is -1.69. The van der Waals surface area contributed by atoms with Crippen LogP contribution in [0.3, 0.4) is 0 Å². The van der Waals surface area contributed by atoms with Gasteiger partial charge in [-0.05, 0) is 38.3 Å². The third kappa shape index (κ3) is 5.21. The fourth-order valence-electron chi connectivity index (χ4n) is 1.65. The van der Waals surface area contributed by atoms with Gasteiger partial charge in [-0.25, -0.2) is 0 Å². The molecule has 0 bridgehead atoms. The van der Waals surface area contributed by atoms with Gasteiger partial charge in [-0.15, -0.1) is 10.2 Å².